The molecule has 0 aromatic rings. The molecule has 0 saturated carbocycles. The number of allylic oxidation sites excluding steroid dienone is 1. The quantitative estimate of drug-likeness (QED) is 0.360. The van der Waals surface area contributed by atoms with E-state index in [0.29, 0.717) is 4.76 Å². The van der Waals surface area contributed by atoms with Gasteiger partial charge < -0.3 is 0 Å². The van der Waals surface area contributed by atoms with Crippen molar-refractivity contribution in [2.24, 2.45) is 0 Å². The zero-order valence-corrected chi connectivity index (χ0v) is 4.16. The van der Waals surface area contributed by atoms with Crippen molar-refractivity contribution < 1.29 is 4.76 Å². The van der Waals surface area contributed by atoms with E-state index in [1.165, 1.54) is 18.8 Å². The highest BCUT2D eigenvalue weighted by molar-refractivity contribution is 5.97. The SMILES string of the molecule is N=C1[CH+]C=C[N+](=O)[CH-]1. The van der Waals surface area contributed by atoms with Crippen molar-refractivity contribution >= 4 is 5.71 Å². The summed E-state index contributed by atoms with van der Waals surface area (Å²) in [5, 5.41) is 6.92. The second-order valence-corrected chi connectivity index (χ2v) is 1.45. The maximum absolute atomic E-state index is 10.3. The van der Waals surface area contributed by atoms with E-state index in [-0.39, 0.29) is 5.71 Å². The summed E-state index contributed by atoms with van der Waals surface area (Å²) in [5.41, 5.74) is 0.238. The molecule has 0 atom stereocenters. The predicted molar refractivity (Wildman–Crippen MR) is 29.1 cm³/mol. The summed E-state index contributed by atoms with van der Waals surface area (Å²) in [6, 6.07) is 0. The van der Waals surface area contributed by atoms with Crippen LogP contribution in [0.15, 0.2) is 12.3 Å². The number of hydrogen-bond acceptors (Lipinski definition) is 2. The van der Waals surface area contributed by atoms with E-state index < -0.39 is 0 Å². The van der Waals surface area contributed by atoms with Crippen molar-refractivity contribution in [3.63, 3.8) is 0 Å². The van der Waals surface area contributed by atoms with Gasteiger partial charge in [-0.1, -0.05) is 0 Å². The van der Waals surface area contributed by atoms with Gasteiger partial charge in [0.1, 0.15) is 5.71 Å². The molecule has 0 fully saturated rings. The Balaban J connectivity index is 2.68. The van der Waals surface area contributed by atoms with Crippen LogP contribution in [0.25, 0.3) is 0 Å². The fourth-order valence-electron chi connectivity index (χ4n) is 0.455. The topological polar surface area (TPSA) is 43.9 Å². The van der Waals surface area contributed by atoms with Gasteiger partial charge in [-0.3, -0.25) is 5.41 Å². The molecular weight excluding hydrogens is 104 g/mol. The van der Waals surface area contributed by atoms with Crippen molar-refractivity contribution in [2.45, 2.75) is 0 Å². The number of nitroso groups, excluding NO2 is 1. The molecule has 3 heteroatoms. The standard InChI is InChI=1S/C5H5N2O/c6-5-2-1-3-7(8)4-5/h1-4,6H/q+1. The summed E-state index contributed by atoms with van der Waals surface area (Å²) in [6.45, 7) is 1.19. The van der Waals surface area contributed by atoms with E-state index in [1.54, 1.807) is 6.42 Å². The molecule has 0 bridgehead atoms. The number of hydrogen-bond donors (Lipinski definition) is 1. The van der Waals surface area contributed by atoms with Gasteiger partial charge in [0.25, 0.3) is 6.54 Å². The summed E-state index contributed by atoms with van der Waals surface area (Å²) in [4.78, 5) is 10.3. The highest BCUT2D eigenvalue weighted by atomic mass is 16.3. The van der Waals surface area contributed by atoms with Crippen LogP contribution >= 0.6 is 0 Å². The first-order chi connectivity index (χ1) is 3.79. The van der Waals surface area contributed by atoms with Crippen LogP contribution in [0, 0.1) is 23.3 Å². The lowest BCUT2D eigenvalue weighted by molar-refractivity contribution is -0.424. The predicted octanol–water partition coefficient (Wildman–Crippen LogP) is 0.678. The normalized spacial score (nSPS) is 17.5. The summed E-state index contributed by atoms with van der Waals surface area (Å²) < 4.78 is 0.600. The van der Waals surface area contributed by atoms with Crippen LogP contribution in [0.4, 0.5) is 0 Å². The summed E-state index contributed by atoms with van der Waals surface area (Å²) in [6.07, 6.45) is 4.43. The monoisotopic (exact) mass is 109 g/mol. The van der Waals surface area contributed by atoms with Crippen molar-refractivity contribution in [1.82, 2.24) is 0 Å². The van der Waals surface area contributed by atoms with E-state index in [0.717, 1.165) is 0 Å². The van der Waals surface area contributed by atoms with Gasteiger partial charge in [-0.15, -0.1) is 0 Å². The first kappa shape index (κ1) is 4.90. The molecule has 1 rings (SSSR count). The molecule has 3 nitrogen and oxygen atoms in total. The molecule has 0 spiro atoms. The first-order valence-corrected chi connectivity index (χ1v) is 2.19. The molecule has 0 aliphatic carbocycles. The summed E-state index contributed by atoms with van der Waals surface area (Å²) in [5.74, 6) is 0. The molecule has 0 unspecified atom stereocenters. The molecule has 1 heterocycles. The van der Waals surface area contributed by atoms with Crippen LogP contribution in [0.3, 0.4) is 0 Å². The molecule has 1 N–H and O–H groups in total. The molecule has 40 valence electrons. The highest BCUT2D eigenvalue weighted by Crippen LogP contribution is 1.98. The van der Waals surface area contributed by atoms with Gasteiger partial charge in [0, 0.05) is 11.0 Å². The lowest BCUT2D eigenvalue weighted by Crippen LogP contribution is -2.10. The first-order valence-electron chi connectivity index (χ1n) is 2.19. The van der Waals surface area contributed by atoms with E-state index in [4.69, 9.17) is 5.41 Å². The van der Waals surface area contributed by atoms with Crippen LogP contribution in [0.5, 0.6) is 0 Å². The molecule has 8 heavy (non-hydrogen) atoms. The van der Waals surface area contributed by atoms with Crippen LogP contribution in [0.1, 0.15) is 0 Å². The fourth-order valence-corrected chi connectivity index (χ4v) is 0.455. The average Bonchev–Trinajstić information content (AvgIpc) is 1.64. The van der Waals surface area contributed by atoms with Gasteiger partial charge >= 0.3 is 0 Å². The van der Waals surface area contributed by atoms with E-state index >= 15 is 0 Å². The third kappa shape index (κ3) is 0.872. The van der Waals surface area contributed by atoms with Crippen molar-refractivity contribution in [1.29, 1.82) is 5.41 Å². The molecule has 0 radical (unpaired) electrons. The van der Waals surface area contributed by atoms with E-state index in [2.05, 4.69) is 0 Å². The Bertz CT molecular complexity index is 160. The lowest BCUT2D eigenvalue weighted by Gasteiger charge is -1.92. The molecule has 0 aromatic carbocycles. The van der Waals surface area contributed by atoms with Crippen LogP contribution in [-0.4, -0.2) is 10.5 Å². The Morgan fingerprint density at radius 2 is 2.62 bits per heavy atom. The third-order valence-electron chi connectivity index (χ3n) is 0.775. The zero-order valence-electron chi connectivity index (χ0n) is 4.16. The van der Waals surface area contributed by atoms with Gasteiger partial charge in [0.15, 0.2) is 0 Å². The van der Waals surface area contributed by atoms with Gasteiger partial charge in [-0.2, -0.15) is 0 Å². The third-order valence-corrected chi connectivity index (χ3v) is 0.775. The van der Waals surface area contributed by atoms with Crippen molar-refractivity contribution in [2.75, 3.05) is 0 Å². The Hall–Kier alpha value is -1.25. The van der Waals surface area contributed by atoms with E-state index in [1.807, 2.05) is 0 Å². The molecule has 0 saturated heterocycles. The molecule has 1 aliphatic rings. The zero-order chi connectivity index (χ0) is 5.98. The number of rotatable bonds is 0. The average molecular weight is 109 g/mol. The second-order valence-electron chi connectivity index (χ2n) is 1.45. The Kier molecular flexibility index (Phi) is 1.04. The highest BCUT2D eigenvalue weighted by Gasteiger charge is 2.13. The maximum atomic E-state index is 10.3. The Labute approximate surface area is 47.1 Å². The lowest BCUT2D eigenvalue weighted by atomic mass is 10.2. The Morgan fingerprint density at radius 1 is 1.88 bits per heavy atom. The van der Waals surface area contributed by atoms with Crippen molar-refractivity contribution in [3.05, 3.63) is 30.1 Å². The number of nitrogens with zero attached hydrogens (tertiary/aromatic N) is 1. The van der Waals surface area contributed by atoms with Gasteiger partial charge in [-0.05, 0) is 6.42 Å². The van der Waals surface area contributed by atoms with Crippen molar-refractivity contribution in [3.8, 4) is 0 Å². The van der Waals surface area contributed by atoms with Gasteiger partial charge in [-0.25, -0.2) is 0 Å². The van der Waals surface area contributed by atoms with Gasteiger partial charge in [0.05, 0.1) is 4.76 Å². The maximum Gasteiger partial charge on any atom is 0.252 e. The molecule has 0 aromatic heterocycles. The molecule has 1 aliphatic heterocycles. The summed E-state index contributed by atoms with van der Waals surface area (Å²) in [7, 11) is 0. The molecular formula is C5H5N2O+. The number of nitrogens with one attached hydrogen (secondary N) is 1. The minimum absolute atomic E-state index is 0.238. The smallest absolute Gasteiger partial charge is 0.252 e. The summed E-state index contributed by atoms with van der Waals surface area (Å²) >= 11 is 0. The minimum Gasteiger partial charge on any atom is -0.295 e. The fraction of sp³-hybridized carbons (Fsp3) is 0. The molecule has 0 amide bonds. The van der Waals surface area contributed by atoms with Crippen LogP contribution < -0.4 is 0 Å². The van der Waals surface area contributed by atoms with Crippen LogP contribution in [0.2, 0.25) is 0 Å². The second kappa shape index (κ2) is 1.69. The van der Waals surface area contributed by atoms with Gasteiger partial charge in [0.2, 0.25) is 6.20 Å². The Morgan fingerprint density at radius 3 is 3.00 bits per heavy atom. The largest absolute Gasteiger partial charge is 0.295 e. The van der Waals surface area contributed by atoms with Crippen LogP contribution in [-0.2, 0) is 0 Å². The van der Waals surface area contributed by atoms with E-state index in [9.17, 15) is 4.91 Å². The minimum atomic E-state index is 0.238.